The van der Waals surface area contributed by atoms with Gasteiger partial charge < -0.3 is 39.1 Å². The fraction of sp³-hybridized carbons (Fsp3) is 0.385. The number of fused-ring (bicyclic) bond motifs is 12. The summed E-state index contributed by atoms with van der Waals surface area (Å²) in [4.78, 5) is 25.4. The maximum atomic E-state index is 12.3. The summed E-state index contributed by atoms with van der Waals surface area (Å²) in [5, 5.41) is 6.33. The molecule has 38 heavy (non-hydrogen) atoms. The normalized spacial score (nSPS) is 14.7. The van der Waals surface area contributed by atoms with Gasteiger partial charge in [-0.05, 0) is 36.8 Å². The molecule has 5 rings (SSSR count). The average molecular weight is 526 g/mol. The lowest BCUT2D eigenvalue weighted by molar-refractivity contribution is 0.0271. The first-order valence-electron chi connectivity index (χ1n) is 12.3. The molecule has 2 aliphatic rings. The van der Waals surface area contributed by atoms with E-state index >= 15 is 0 Å². The summed E-state index contributed by atoms with van der Waals surface area (Å²) in [5.74, 6) is 1.16. The van der Waals surface area contributed by atoms with Crippen molar-refractivity contribution in [1.29, 1.82) is 0 Å². The van der Waals surface area contributed by atoms with Crippen molar-refractivity contribution in [2.24, 2.45) is 0 Å². The SMILES string of the molecule is CCOc1nc2nc(n1)Nc1ccc(C(=O)OC)c(c1)OCCOCCOCCOc1ccc(cc1)CN2. The molecule has 2 aromatic carbocycles. The van der Waals surface area contributed by atoms with Crippen molar-refractivity contribution in [2.45, 2.75) is 13.5 Å². The molecule has 0 radical (unpaired) electrons. The fourth-order valence-electron chi connectivity index (χ4n) is 3.45. The molecule has 3 heterocycles. The van der Waals surface area contributed by atoms with Gasteiger partial charge in [-0.3, -0.25) is 0 Å². The Morgan fingerprint density at radius 1 is 0.895 bits per heavy atom. The molecule has 0 saturated heterocycles. The van der Waals surface area contributed by atoms with E-state index in [1.165, 1.54) is 7.11 Å². The van der Waals surface area contributed by atoms with E-state index in [1.807, 2.05) is 31.2 Å². The number of benzene rings is 2. The third-order valence-corrected chi connectivity index (χ3v) is 5.26. The summed E-state index contributed by atoms with van der Waals surface area (Å²) in [5.41, 5.74) is 1.89. The van der Waals surface area contributed by atoms with E-state index in [2.05, 4.69) is 25.6 Å². The number of rotatable bonds is 3. The third kappa shape index (κ3) is 7.92. The number of hydrogen-bond acceptors (Lipinski definition) is 12. The number of anilines is 3. The number of carbonyl (C=O) groups is 1. The van der Waals surface area contributed by atoms with Gasteiger partial charge in [-0.15, -0.1) is 0 Å². The first-order chi connectivity index (χ1) is 18.6. The fourth-order valence-corrected chi connectivity index (χ4v) is 3.45. The number of ether oxygens (including phenoxy) is 6. The summed E-state index contributed by atoms with van der Waals surface area (Å²) in [6.45, 7) is 4.94. The van der Waals surface area contributed by atoms with Crippen molar-refractivity contribution >= 4 is 23.6 Å². The van der Waals surface area contributed by atoms with Crippen molar-refractivity contribution in [1.82, 2.24) is 15.0 Å². The third-order valence-electron chi connectivity index (χ3n) is 5.26. The van der Waals surface area contributed by atoms with Crippen LogP contribution in [0.4, 0.5) is 17.6 Å². The Bertz CT molecular complexity index is 1190. The number of nitrogens with zero attached hydrogens (tertiary/aromatic N) is 3. The second-order valence-corrected chi connectivity index (χ2v) is 7.94. The van der Waals surface area contributed by atoms with Gasteiger partial charge in [0.15, 0.2) is 0 Å². The molecule has 0 spiro atoms. The number of nitrogens with one attached hydrogen (secondary N) is 2. The smallest absolute Gasteiger partial charge is 0.341 e. The number of aromatic nitrogens is 3. The molecule has 6 bridgehead atoms. The average Bonchev–Trinajstić information content (AvgIpc) is 2.93. The highest BCUT2D eigenvalue weighted by Gasteiger charge is 2.15. The van der Waals surface area contributed by atoms with E-state index in [0.717, 1.165) is 11.3 Å². The summed E-state index contributed by atoms with van der Waals surface area (Å²) in [6, 6.07) is 12.9. The van der Waals surface area contributed by atoms with Crippen molar-refractivity contribution < 1.29 is 33.2 Å². The summed E-state index contributed by atoms with van der Waals surface area (Å²) >= 11 is 0. The van der Waals surface area contributed by atoms with Crippen LogP contribution >= 0.6 is 0 Å². The minimum Gasteiger partial charge on any atom is -0.491 e. The summed E-state index contributed by atoms with van der Waals surface area (Å²) in [7, 11) is 1.32. The van der Waals surface area contributed by atoms with Gasteiger partial charge in [0.2, 0.25) is 11.9 Å². The molecule has 0 saturated carbocycles. The summed E-state index contributed by atoms with van der Waals surface area (Å²) in [6.07, 6.45) is 0. The molecule has 0 amide bonds. The lowest BCUT2D eigenvalue weighted by Crippen LogP contribution is -2.14. The van der Waals surface area contributed by atoms with Gasteiger partial charge in [-0.1, -0.05) is 12.1 Å². The lowest BCUT2D eigenvalue weighted by Gasteiger charge is -2.14. The van der Waals surface area contributed by atoms with Crippen LogP contribution < -0.4 is 24.8 Å². The van der Waals surface area contributed by atoms with E-state index in [4.69, 9.17) is 28.4 Å². The van der Waals surface area contributed by atoms with Crippen LogP contribution in [0.3, 0.4) is 0 Å². The van der Waals surface area contributed by atoms with Crippen molar-refractivity contribution in [3.8, 4) is 17.5 Å². The molecule has 2 aliphatic heterocycles. The van der Waals surface area contributed by atoms with Crippen LogP contribution in [0, 0.1) is 0 Å². The van der Waals surface area contributed by atoms with Crippen LogP contribution in [-0.2, 0) is 20.8 Å². The Balaban J connectivity index is 1.58. The predicted octanol–water partition coefficient (Wildman–Crippen LogP) is 3.22. The quantitative estimate of drug-likeness (QED) is 0.384. The van der Waals surface area contributed by atoms with Crippen LogP contribution in [0.2, 0.25) is 0 Å². The Labute approximate surface area is 220 Å². The Hall–Kier alpha value is -4.16. The molecule has 2 N–H and O–H groups in total. The molecular formula is C26H31N5O7. The van der Waals surface area contributed by atoms with Crippen LogP contribution in [0.25, 0.3) is 0 Å². The van der Waals surface area contributed by atoms with Crippen molar-refractivity contribution in [3.05, 3.63) is 53.6 Å². The largest absolute Gasteiger partial charge is 0.491 e. The van der Waals surface area contributed by atoms with Gasteiger partial charge in [0, 0.05) is 18.3 Å². The standard InChI is InChI=1S/C26H31N5O7/c1-3-36-26-30-24-27-17-18-4-7-20(8-5-18)37-14-12-34-10-11-35-13-15-38-22-16-19(28-25(29-24)31-26)6-9-21(22)23(32)33-2/h4-9,16H,3,10-15,17H2,1-2H3,(H2,27,28,29,30,31). The second-order valence-electron chi connectivity index (χ2n) is 7.94. The van der Waals surface area contributed by atoms with Crippen LogP contribution in [-0.4, -0.2) is 74.3 Å². The first kappa shape index (κ1) is 26.9. The summed E-state index contributed by atoms with van der Waals surface area (Å²) < 4.78 is 33.1. The van der Waals surface area contributed by atoms with E-state index < -0.39 is 5.97 Å². The van der Waals surface area contributed by atoms with Gasteiger partial charge >= 0.3 is 12.0 Å². The lowest BCUT2D eigenvalue weighted by atomic mass is 10.2. The molecule has 12 nitrogen and oxygen atoms in total. The van der Waals surface area contributed by atoms with E-state index in [1.54, 1.807) is 18.2 Å². The van der Waals surface area contributed by atoms with Crippen LogP contribution in [0.1, 0.15) is 22.8 Å². The topological polar surface area (TPSA) is 135 Å². The second kappa shape index (κ2) is 14.0. The molecule has 1 aromatic heterocycles. The maximum Gasteiger partial charge on any atom is 0.341 e. The van der Waals surface area contributed by atoms with E-state index in [0.29, 0.717) is 63.6 Å². The van der Waals surface area contributed by atoms with Gasteiger partial charge in [-0.2, -0.15) is 15.0 Å². The monoisotopic (exact) mass is 525 g/mol. The number of hydrogen-bond donors (Lipinski definition) is 2. The molecule has 0 fully saturated rings. The van der Waals surface area contributed by atoms with Crippen molar-refractivity contribution in [2.75, 3.05) is 64.0 Å². The molecular weight excluding hydrogens is 494 g/mol. The minimum atomic E-state index is -0.515. The molecule has 202 valence electrons. The Morgan fingerprint density at radius 3 is 2.34 bits per heavy atom. The van der Waals surface area contributed by atoms with Gasteiger partial charge in [0.1, 0.15) is 30.3 Å². The zero-order valence-electron chi connectivity index (χ0n) is 21.4. The van der Waals surface area contributed by atoms with Crippen molar-refractivity contribution in [3.63, 3.8) is 0 Å². The van der Waals surface area contributed by atoms with Gasteiger partial charge in [0.05, 0.1) is 40.1 Å². The van der Waals surface area contributed by atoms with Gasteiger partial charge in [-0.25, -0.2) is 4.79 Å². The highest BCUT2D eigenvalue weighted by Crippen LogP contribution is 2.26. The Kier molecular flexibility index (Phi) is 9.88. The molecule has 0 atom stereocenters. The van der Waals surface area contributed by atoms with Crippen LogP contribution in [0.15, 0.2) is 42.5 Å². The van der Waals surface area contributed by atoms with E-state index in [-0.39, 0.29) is 24.1 Å². The van der Waals surface area contributed by atoms with Crippen LogP contribution in [0.5, 0.6) is 17.5 Å². The zero-order chi connectivity index (χ0) is 26.6. The predicted molar refractivity (Wildman–Crippen MR) is 138 cm³/mol. The molecule has 0 aliphatic carbocycles. The number of methoxy groups -OCH3 is 1. The molecule has 0 unspecified atom stereocenters. The number of esters is 1. The highest BCUT2D eigenvalue weighted by molar-refractivity contribution is 5.93. The molecule has 12 heteroatoms. The maximum absolute atomic E-state index is 12.3. The number of carbonyl (C=O) groups excluding carboxylic acids is 1. The first-order valence-corrected chi connectivity index (χ1v) is 12.3. The minimum absolute atomic E-state index is 0.170. The highest BCUT2D eigenvalue weighted by atomic mass is 16.6. The molecule has 3 aromatic rings. The van der Waals surface area contributed by atoms with Gasteiger partial charge in [0.25, 0.3) is 0 Å². The van der Waals surface area contributed by atoms with E-state index in [9.17, 15) is 4.79 Å². The zero-order valence-corrected chi connectivity index (χ0v) is 21.4. The Morgan fingerprint density at radius 2 is 1.61 bits per heavy atom.